The second-order valence-electron chi connectivity index (χ2n) is 9.59. The average molecular weight is 492 g/mol. The maximum Gasteiger partial charge on any atom is 0.162 e. The zero-order chi connectivity index (χ0) is 25.5. The molecule has 5 heteroatoms. The minimum atomic E-state index is -0.271. The van der Waals surface area contributed by atoms with Crippen molar-refractivity contribution < 1.29 is 19.0 Å². The topological polar surface area (TPSA) is 56.8 Å². The van der Waals surface area contributed by atoms with Gasteiger partial charge in [0.1, 0.15) is 5.75 Å². The van der Waals surface area contributed by atoms with E-state index in [4.69, 9.17) is 14.2 Å². The third-order valence-corrected chi connectivity index (χ3v) is 7.66. The van der Waals surface area contributed by atoms with Crippen molar-refractivity contribution in [2.75, 3.05) is 26.6 Å². The van der Waals surface area contributed by atoms with Crippen molar-refractivity contribution >= 4 is 27.8 Å². The molecule has 4 aromatic carbocycles. The summed E-state index contributed by atoms with van der Waals surface area (Å²) in [4.78, 5) is 14.0. The Morgan fingerprint density at radius 1 is 0.757 bits per heavy atom. The molecule has 2 atom stereocenters. The van der Waals surface area contributed by atoms with Crippen LogP contribution in [0.3, 0.4) is 0 Å². The van der Waals surface area contributed by atoms with Gasteiger partial charge in [0.2, 0.25) is 0 Å². The molecule has 0 saturated carbocycles. The molecule has 0 fully saturated rings. The summed E-state index contributed by atoms with van der Waals surface area (Å²) in [5.41, 5.74) is 6.28. The SMILES string of the molecule is COc1ccc([C@@H]2CC(=O)C3=C(C2)c2c(ccc4ccccc24)N[C@@H]3c2ccc(OC)c(OC)c2)cc1. The van der Waals surface area contributed by atoms with Gasteiger partial charge in [-0.1, -0.05) is 48.5 Å². The lowest BCUT2D eigenvalue weighted by Gasteiger charge is -2.37. The first-order valence-electron chi connectivity index (χ1n) is 12.5. The number of methoxy groups -OCH3 is 3. The van der Waals surface area contributed by atoms with Crippen LogP contribution in [0.25, 0.3) is 16.3 Å². The van der Waals surface area contributed by atoms with E-state index in [0.29, 0.717) is 17.9 Å². The number of allylic oxidation sites excluding steroid dienone is 1. The molecule has 0 bridgehead atoms. The van der Waals surface area contributed by atoms with Gasteiger partial charge in [0.05, 0.1) is 27.4 Å². The van der Waals surface area contributed by atoms with E-state index in [2.05, 4.69) is 53.8 Å². The fraction of sp³-hybridized carbons (Fsp3) is 0.219. The Morgan fingerprint density at radius 3 is 2.27 bits per heavy atom. The first kappa shape index (κ1) is 23.2. The number of ether oxygens (including phenoxy) is 3. The Hall–Kier alpha value is -4.25. The van der Waals surface area contributed by atoms with Crippen molar-refractivity contribution in [2.24, 2.45) is 0 Å². The quantitative estimate of drug-likeness (QED) is 0.328. The van der Waals surface area contributed by atoms with E-state index in [1.807, 2.05) is 30.3 Å². The highest BCUT2D eigenvalue weighted by molar-refractivity contribution is 6.13. The van der Waals surface area contributed by atoms with Crippen LogP contribution in [0.5, 0.6) is 17.2 Å². The van der Waals surface area contributed by atoms with E-state index in [1.54, 1.807) is 21.3 Å². The van der Waals surface area contributed by atoms with Gasteiger partial charge in [-0.3, -0.25) is 4.79 Å². The fourth-order valence-electron chi connectivity index (χ4n) is 5.84. The molecule has 1 heterocycles. The first-order chi connectivity index (χ1) is 18.1. The monoisotopic (exact) mass is 491 g/mol. The second-order valence-corrected chi connectivity index (χ2v) is 9.59. The predicted molar refractivity (Wildman–Crippen MR) is 147 cm³/mol. The molecule has 6 rings (SSSR count). The van der Waals surface area contributed by atoms with Crippen molar-refractivity contribution in [2.45, 2.75) is 24.8 Å². The zero-order valence-corrected chi connectivity index (χ0v) is 21.2. The Morgan fingerprint density at radius 2 is 1.51 bits per heavy atom. The molecule has 0 radical (unpaired) electrons. The average Bonchev–Trinajstić information content (AvgIpc) is 2.95. The maximum absolute atomic E-state index is 14.0. The molecule has 0 unspecified atom stereocenters. The van der Waals surface area contributed by atoms with E-state index in [0.717, 1.165) is 51.1 Å². The van der Waals surface area contributed by atoms with E-state index in [9.17, 15) is 4.79 Å². The van der Waals surface area contributed by atoms with Crippen LogP contribution in [0.2, 0.25) is 0 Å². The van der Waals surface area contributed by atoms with Crippen LogP contribution in [0, 0.1) is 0 Å². The number of hydrogen-bond acceptors (Lipinski definition) is 5. The molecule has 1 N–H and O–H groups in total. The van der Waals surface area contributed by atoms with Crippen LogP contribution in [-0.4, -0.2) is 27.1 Å². The Kier molecular flexibility index (Phi) is 5.84. The van der Waals surface area contributed by atoms with E-state index >= 15 is 0 Å². The molecule has 186 valence electrons. The second kappa shape index (κ2) is 9.32. The molecule has 0 spiro atoms. The maximum atomic E-state index is 14.0. The number of fused-ring (bicyclic) bond motifs is 4. The van der Waals surface area contributed by atoms with E-state index in [-0.39, 0.29) is 17.7 Å². The summed E-state index contributed by atoms with van der Waals surface area (Å²) in [5.74, 6) is 2.41. The third kappa shape index (κ3) is 3.91. The molecule has 4 aromatic rings. The van der Waals surface area contributed by atoms with Gasteiger partial charge >= 0.3 is 0 Å². The molecule has 5 nitrogen and oxygen atoms in total. The molecule has 0 saturated heterocycles. The first-order valence-corrected chi connectivity index (χ1v) is 12.5. The van der Waals surface area contributed by atoms with Crippen LogP contribution in [0.1, 0.15) is 41.5 Å². The molecule has 0 amide bonds. The van der Waals surface area contributed by atoms with Gasteiger partial charge in [0.25, 0.3) is 0 Å². The highest BCUT2D eigenvalue weighted by Crippen LogP contribution is 2.51. The number of anilines is 1. The van der Waals surface area contributed by atoms with Gasteiger partial charge in [-0.25, -0.2) is 0 Å². The third-order valence-electron chi connectivity index (χ3n) is 7.66. The van der Waals surface area contributed by atoms with Crippen molar-refractivity contribution in [1.29, 1.82) is 0 Å². The van der Waals surface area contributed by atoms with Crippen molar-refractivity contribution in [3.05, 3.63) is 101 Å². The number of rotatable bonds is 5. The number of hydrogen-bond donors (Lipinski definition) is 1. The van der Waals surface area contributed by atoms with Gasteiger partial charge in [-0.2, -0.15) is 0 Å². The summed E-state index contributed by atoms with van der Waals surface area (Å²) in [7, 11) is 4.93. The van der Waals surface area contributed by atoms with Crippen molar-refractivity contribution in [3.8, 4) is 17.2 Å². The number of carbonyl (C=O) groups is 1. The molecule has 0 aromatic heterocycles. The Bertz CT molecular complexity index is 1540. The lowest BCUT2D eigenvalue weighted by atomic mass is 9.71. The molecular formula is C32H29NO4. The zero-order valence-electron chi connectivity index (χ0n) is 21.2. The Labute approximate surface area is 216 Å². The van der Waals surface area contributed by atoms with E-state index in [1.165, 1.54) is 5.39 Å². The number of Topliss-reactive ketones (excluding diaryl/α,β-unsaturated/α-hetero) is 1. The molecule has 1 aliphatic heterocycles. The number of nitrogens with one attached hydrogen (secondary N) is 1. The summed E-state index contributed by atoms with van der Waals surface area (Å²) in [5, 5.41) is 6.03. The van der Waals surface area contributed by atoms with Gasteiger partial charge < -0.3 is 19.5 Å². The summed E-state index contributed by atoms with van der Waals surface area (Å²) in [6, 6.07) is 26.4. The Balaban J connectivity index is 1.53. The molecule has 2 aliphatic rings. The van der Waals surface area contributed by atoms with Crippen LogP contribution in [0.4, 0.5) is 5.69 Å². The minimum Gasteiger partial charge on any atom is -0.497 e. The van der Waals surface area contributed by atoms with Crippen molar-refractivity contribution in [3.63, 3.8) is 0 Å². The van der Waals surface area contributed by atoms with Gasteiger partial charge in [-0.05, 0) is 70.1 Å². The number of carbonyl (C=O) groups excluding carboxylic acids is 1. The number of ketones is 1. The predicted octanol–water partition coefficient (Wildman–Crippen LogP) is 6.93. The van der Waals surface area contributed by atoms with E-state index < -0.39 is 0 Å². The van der Waals surface area contributed by atoms with Crippen LogP contribution in [0.15, 0.2) is 84.4 Å². The summed E-state index contributed by atoms with van der Waals surface area (Å²) in [6.45, 7) is 0. The fourth-order valence-corrected chi connectivity index (χ4v) is 5.84. The van der Waals surface area contributed by atoms with Crippen molar-refractivity contribution in [1.82, 2.24) is 0 Å². The lowest BCUT2D eigenvalue weighted by molar-refractivity contribution is -0.116. The molecule has 1 aliphatic carbocycles. The number of benzene rings is 4. The summed E-state index contributed by atoms with van der Waals surface area (Å²) >= 11 is 0. The smallest absolute Gasteiger partial charge is 0.162 e. The molecular weight excluding hydrogens is 462 g/mol. The van der Waals surface area contributed by atoms with Crippen LogP contribution < -0.4 is 19.5 Å². The molecule has 37 heavy (non-hydrogen) atoms. The van der Waals surface area contributed by atoms with Gasteiger partial charge in [0.15, 0.2) is 17.3 Å². The minimum absolute atomic E-state index is 0.105. The normalized spacial score (nSPS) is 18.6. The van der Waals surface area contributed by atoms with Crippen LogP contribution in [-0.2, 0) is 4.79 Å². The largest absolute Gasteiger partial charge is 0.497 e. The highest BCUT2D eigenvalue weighted by Gasteiger charge is 2.38. The van der Waals surface area contributed by atoms with Gasteiger partial charge in [0, 0.05) is 23.2 Å². The summed E-state index contributed by atoms with van der Waals surface area (Å²) < 4.78 is 16.4. The van der Waals surface area contributed by atoms with Gasteiger partial charge in [-0.15, -0.1) is 0 Å². The highest BCUT2D eigenvalue weighted by atomic mass is 16.5. The standard InChI is InChI=1S/C32H29NO4/c1-35-23-12-8-19(9-13-23)22-16-25-30-24-7-5-4-6-20(24)10-14-26(30)33-32(31(25)27(34)17-22)21-11-15-28(36-2)29(18-21)37-3/h4-15,18,22,32-33H,16-17H2,1-3H3/t22-,32+/m0/s1. The summed E-state index contributed by atoms with van der Waals surface area (Å²) in [6.07, 6.45) is 1.26. The lowest BCUT2D eigenvalue weighted by Crippen LogP contribution is -2.29. The van der Waals surface area contributed by atoms with Crippen LogP contribution >= 0.6 is 0 Å².